The lowest BCUT2D eigenvalue weighted by atomic mass is 10.1. The third-order valence-corrected chi connectivity index (χ3v) is 2.18. The molecule has 2 rings (SSSR count). The average Bonchev–Trinajstić information content (AvgIpc) is 2.16. The van der Waals surface area contributed by atoms with Gasteiger partial charge in [-0.05, 0) is 19.1 Å². The zero-order valence-electron chi connectivity index (χ0n) is 7.82. The molecule has 2 N–H and O–H groups in total. The minimum Gasteiger partial charge on any atom is -0.366 e. The molecule has 0 saturated carbocycles. The van der Waals surface area contributed by atoms with Crippen molar-refractivity contribution >= 4 is 16.8 Å². The van der Waals surface area contributed by atoms with E-state index in [0.29, 0.717) is 11.3 Å². The standard InChI is InChI=1S/C11H10N2O/c1-7-9(11(12)14)6-8-4-2-3-5-10(8)13-7/h2-6H,1H3,(H2,12,14). The van der Waals surface area contributed by atoms with Gasteiger partial charge in [-0.1, -0.05) is 18.2 Å². The van der Waals surface area contributed by atoms with Crippen LogP contribution in [0.15, 0.2) is 30.3 Å². The first kappa shape index (κ1) is 8.69. The van der Waals surface area contributed by atoms with E-state index in [2.05, 4.69) is 4.98 Å². The zero-order chi connectivity index (χ0) is 10.1. The van der Waals surface area contributed by atoms with E-state index in [1.807, 2.05) is 24.3 Å². The second-order valence-corrected chi connectivity index (χ2v) is 3.18. The van der Waals surface area contributed by atoms with Crippen molar-refractivity contribution in [2.75, 3.05) is 0 Å². The van der Waals surface area contributed by atoms with Gasteiger partial charge in [0.05, 0.1) is 16.8 Å². The van der Waals surface area contributed by atoms with E-state index in [4.69, 9.17) is 5.73 Å². The number of primary amides is 1. The molecule has 1 amide bonds. The molecule has 0 bridgehead atoms. The van der Waals surface area contributed by atoms with Gasteiger partial charge in [-0.15, -0.1) is 0 Å². The Bertz CT molecular complexity index is 506. The third-order valence-electron chi connectivity index (χ3n) is 2.18. The SMILES string of the molecule is Cc1nc2ccccc2cc1C(N)=O. The molecule has 1 aromatic heterocycles. The Kier molecular flexibility index (Phi) is 1.93. The number of hydrogen-bond acceptors (Lipinski definition) is 2. The number of hydrogen-bond donors (Lipinski definition) is 1. The Hall–Kier alpha value is -1.90. The monoisotopic (exact) mass is 186 g/mol. The van der Waals surface area contributed by atoms with E-state index in [-0.39, 0.29) is 0 Å². The van der Waals surface area contributed by atoms with Gasteiger partial charge in [-0.25, -0.2) is 0 Å². The second kappa shape index (κ2) is 3.10. The fourth-order valence-corrected chi connectivity index (χ4v) is 1.46. The summed E-state index contributed by atoms with van der Waals surface area (Å²) in [6, 6.07) is 9.42. The molecule has 0 spiro atoms. The summed E-state index contributed by atoms with van der Waals surface area (Å²) in [5.41, 5.74) is 7.28. The van der Waals surface area contributed by atoms with Crippen LogP contribution in [-0.2, 0) is 0 Å². The molecular weight excluding hydrogens is 176 g/mol. The highest BCUT2D eigenvalue weighted by Crippen LogP contribution is 2.15. The highest BCUT2D eigenvalue weighted by Gasteiger charge is 2.06. The summed E-state index contributed by atoms with van der Waals surface area (Å²) in [4.78, 5) is 15.3. The Morgan fingerprint density at radius 1 is 1.36 bits per heavy atom. The van der Waals surface area contributed by atoms with Gasteiger partial charge in [0.25, 0.3) is 5.91 Å². The zero-order valence-corrected chi connectivity index (χ0v) is 7.82. The van der Waals surface area contributed by atoms with E-state index in [9.17, 15) is 4.79 Å². The molecule has 0 aliphatic heterocycles. The molecule has 3 nitrogen and oxygen atoms in total. The third kappa shape index (κ3) is 1.33. The Labute approximate surface area is 81.6 Å². The number of para-hydroxylation sites is 1. The van der Waals surface area contributed by atoms with Crippen molar-refractivity contribution in [3.8, 4) is 0 Å². The molecule has 0 unspecified atom stereocenters. The highest BCUT2D eigenvalue weighted by atomic mass is 16.1. The number of fused-ring (bicyclic) bond motifs is 1. The lowest BCUT2D eigenvalue weighted by molar-refractivity contribution is 0.0999. The minimum atomic E-state index is -0.430. The molecule has 0 fully saturated rings. The summed E-state index contributed by atoms with van der Waals surface area (Å²) in [7, 11) is 0. The van der Waals surface area contributed by atoms with Crippen molar-refractivity contribution in [3.63, 3.8) is 0 Å². The number of aryl methyl sites for hydroxylation is 1. The fourth-order valence-electron chi connectivity index (χ4n) is 1.46. The normalized spacial score (nSPS) is 10.4. The van der Waals surface area contributed by atoms with Gasteiger partial charge >= 0.3 is 0 Å². The van der Waals surface area contributed by atoms with Crippen molar-refractivity contribution in [2.24, 2.45) is 5.73 Å². The van der Waals surface area contributed by atoms with Gasteiger partial charge in [0, 0.05) is 5.39 Å². The molecule has 0 aliphatic carbocycles. The predicted molar refractivity (Wildman–Crippen MR) is 55.0 cm³/mol. The molecule has 1 heterocycles. The number of rotatable bonds is 1. The first-order chi connectivity index (χ1) is 6.68. The number of nitrogens with two attached hydrogens (primary N) is 1. The number of amides is 1. The molecule has 14 heavy (non-hydrogen) atoms. The summed E-state index contributed by atoms with van der Waals surface area (Å²) in [6.07, 6.45) is 0. The van der Waals surface area contributed by atoms with E-state index in [1.54, 1.807) is 13.0 Å². The van der Waals surface area contributed by atoms with Crippen molar-refractivity contribution < 1.29 is 4.79 Å². The van der Waals surface area contributed by atoms with Crippen LogP contribution in [0.5, 0.6) is 0 Å². The van der Waals surface area contributed by atoms with Crippen LogP contribution < -0.4 is 5.73 Å². The molecule has 3 heteroatoms. The molecule has 0 saturated heterocycles. The van der Waals surface area contributed by atoms with Crippen LogP contribution >= 0.6 is 0 Å². The summed E-state index contributed by atoms with van der Waals surface area (Å²) in [5.74, 6) is -0.430. The molecule has 0 radical (unpaired) electrons. The summed E-state index contributed by atoms with van der Waals surface area (Å²) in [5, 5.41) is 0.937. The fraction of sp³-hybridized carbons (Fsp3) is 0.0909. The summed E-state index contributed by atoms with van der Waals surface area (Å²) in [6.45, 7) is 1.78. The van der Waals surface area contributed by atoms with Crippen LogP contribution in [0, 0.1) is 6.92 Å². The Morgan fingerprint density at radius 2 is 2.07 bits per heavy atom. The van der Waals surface area contributed by atoms with Crippen LogP contribution in [0.2, 0.25) is 0 Å². The summed E-state index contributed by atoms with van der Waals surface area (Å²) < 4.78 is 0. The second-order valence-electron chi connectivity index (χ2n) is 3.18. The first-order valence-electron chi connectivity index (χ1n) is 4.34. The van der Waals surface area contributed by atoms with Crippen molar-refractivity contribution in [3.05, 3.63) is 41.6 Å². The Balaban J connectivity index is 2.77. The van der Waals surface area contributed by atoms with Crippen molar-refractivity contribution in [1.29, 1.82) is 0 Å². The van der Waals surface area contributed by atoms with Crippen LogP contribution in [-0.4, -0.2) is 10.9 Å². The lowest BCUT2D eigenvalue weighted by Gasteiger charge is -2.03. The molecule has 70 valence electrons. The van der Waals surface area contributed by atoms with Crippen molar-refractivity contribution in [2.45, 2.75) is 6.92 Å². The number of pyridine rings is 1. The molecule has 0 atom stereocenters. The number of nitrogens with zero attached hydrogens (tertiary/aromatic N) is 1. The quantitative estimate of drug-likeness (QED) is 0.736. The number of carbonyl (C=O) groups is 1. The topological polar surface area (TPSA) is 56.0 Å². The average molecular weight is 186 g/mol. The van der Waals surface area contributed by atoms with Crippen LogP contribution in [0.3, 0.4) is 0 Å². The largest absolute Gasteiger partial charge is 0.366 e. The molecule has 2 aromatic rings. The smallest absolute Gasteiger partial charge is 0.250 e. The van der Waals surface area contributed by atoms with Crippen LogP contribution in [0.1, 0.15) is 16.1 Å². The summed E-state index contributed by atoms with van der Waals surface area (Å²) >= 11 is 0. The maximum Gasteiger partial charge on any atom is 0.250 e. The number of carbonyl (C=O) groups excluding carboxylic acids is 1. The van der Waals surface area contributed by atoms with Crippen LogP contribution in [0.4, 0.5) is 0 Å². The van der Waals surface area contributed by atoms with E-state index in [0.717, 1.165) is 10.9 Å². The molecular formula is C11H10N2O. The highest BCUT2D eigenvalue weighted by molar-refractivity contribution is 5.97. The Morgan fingerprint density at radius 3 is 2.79 bits per heavy atom. The van der Waals surface area contributed by atoms with Gasteiger partial charge in [-0.2, -0.15) is 0 Å². The van der Waals surface area contributed by atoms with E-state index < -0.39 is 5.91 Å². The minimum absolute atomic E-state index is 0.430. The number of aromatic nitrogens is 1. The molecule has 0 aliphatic rings. The van der Waals surface area contributed by atoms with Crippen molar-refractivity contribution in [1.82, 2.24) is 4.98 Å². The van der Waals surface area contributed by atoms with Gasteiger partial charge in [-0.3, -0.25) is 9.78 Å². The first-order valence-corrected chi connectivity index (χ1v) is 4.34. The molecule has 1 aromatic carbocycles. The number of benzene rings is 1. The van der Waals surface area contributed by atoms with Gasteiger partial charge in [0.1, 0.15) is 0 Å². The lowest BCUT2D eigenvalue weighted by Crippen LogP contribution is -2.13. The van der Waals surface area contributed by atoms with Gasteiger partial charge in [0.2, 0.25) is 0 Å². The van der Waals surface area contributed by atoms with Gasteiger partial charge < -0.3 is 5.73 Å². The van der Waals surface area contributed by atoms with Crippen LogP contribution in [0.25, 0.3) is 10.9 Å². The maximum absolute atomic E-state index is 11.0. The predicted octanol–water partition coefficient (Wildman–Crippen LogP) is 1.64. The van der Waals surface area contributed by atoms with E-state index in [1.165, 1.54) is 0 Å². The van der Waals surface area contributed by atoms with Gasteiger partial charge in [0.15, 0.2) is 0 Å². The van der Waals surface area contributed by atoms with E-state index >= 15 is 0 Å². The maximum atomic E-state index is 11.0.